The molecule has 1 saturated heterocycles. The molecule has 0 bridgehead atoms. The van der Waals surface area contributed by atoms with Crippen molar-refractivity contribution in [2.24, 2.45) is 0 Å². The van der Waals surface area contributed by atoms with Gasteiger partial charge in [0.05, 0.1) is 18.2 Å². The van der Waals surface area contributed by atoms with Gasteiger partial charge in [-0.3, -0.25) is 4.79 Å². The van der Waals surface area contributed by atoms with Crippen molar-refractivity contribution in [1.29, 1.82) is 5.26 Å². The first-order valence-corrected chi connectivity index (χ1v) is 10.5. The molecule has 1 amide bonds. The average molecular weight is 427 g/mol. The number of amides is 1. The molecule has 160 valence electrons. The molecule has 2 N–H and O–H groups in total. The minimum Gasteiger partial charge on any atom is -0.497 e. The third kappa shape index (κ3) is 3.46. The first kappa shape index (κ1) is 19.8. The van der Waals surface area contributed by atoms with Gasteiger partial charge in [-0.15, -0.1) is 5.10 Å². The van der Waals surface area contributed by atoms with E-state index in [9.17, 15) is 10.1 Å². The largest absolute Gasteiger partial charge is 0.497 e. The number of hydrogen-bond acceptors (Lipinski definition) is 7. The third-order valence-corrected chi connectivity index (χ3v) is 5.61. The molecule has 3 heterocycles. The summed E-state index contributed by atoms with van der Waals surface area (Å²) in [6.45, 7) is 0.668. The lowest BCUT2D eigenvalue weighted by atomic mass is 10.1. The van der Waals surface area contributed by atoms with Crippen molar-refractivity contribution in [2.75, 3.05) is 19.0 Å². The van der Waals surface area contributed by atoms with Crippen molar-refractivity contribution in [3.63, 3.8) is 0 Å². The Labute approximate surface area is 184 Å². The molecule has 0 spiro atoms. The monoisotopic (exact) mass is 427 g/mol. The summed E-state index contributed by atoms with van der Waals surface area (Å²) in [5.74, 6) is 1.56. The minimum atomic E-state index is -0.437. The number of anilines is 1. The van der Waals surface area contributed by atoms with E-state index >= 15 is 0 Å². The molecule has 1 aliphatic rings. The zero-order valence-electron chi connectivity index (χ0n) is 17.5. The molecular weight excluding hydrogens is 406 g/mol. The molecule has 32 heavy (non-hydrogen) atoms. The van der Waals surface area contributed by atoms with Crippen molar-refractivity contribution in [3.8, 4) is 23.2 Å². The Balaban J connectivity index is 1.69. The molecule has 9 heteroatoms. The molecule has 0 aliphatic carbocycles. The first-order valence-electron chi connectivity index (χ1n) is 10.5. The highest BCUT2D eigenvalue weighted by atomic mass is 16.5. The van der Waals surface area contributed by atoms with Crippen LogP contribution in [-0.2, 0) is 4.79 Å². The van der Waals surface area contributed by atoms with Crippen LogP contribution in [0.1, 0.15) is 24.8 Å². The number of aromatic nitrogens is 4. The Kier molecular flexibility index (Phi) is 5.03. The van der Waals surface area contributed by atoms with Crippen molar-refractivity contribution in [3.05, 3.63) is 48.0 Å². The summed E-state index contributed by atoms with van der Waals surface area (Å²) in [6, 6.07) is 14.6. The number of carbonyl (C=O) groups excluding carboxylic acids is 1. The van der Waals surface area contributed by atoms with E-state index in [0.29, 0.717) is 46.9 Å². The van der Waals surface area contributed by atoms with Gasteiger partial charge in [0, 0.05) is 17.5 Å². The van der Waals surface area contributed by atoms with Gasteiger partial charge < -0.3 is 15.4 Å². The van der Waals surface area contributed by atoms with Crippen LogP contribution in [0.4, 0.5) is 5.95 Å². The van der Waals surface area contributed by atoms with Crippen molar-refractivity contribution in [2.45, 2.75) is 25.3 Å². The topological polar surface area (TPSA) is 117 Å². The third-order valence-electron chi connectivity index (χ3n) is 5.61. The van der Waals surface area contributed by atoms with Crippen molar-refractivity contribution in [1.82, 2.24) is 24.9 Å². The molecule has 1 atom stereocenters. The Hall–Kier alpha value is -4.19. The van der Waals surface area contributed by atoms with E-state index in [1.807, 2.05) is 30.3 Å². The standard InChI is InChI=1S/C23H21N7O2/c1-32-16-10-8-14(9-11-16)20-28-21-17-6-4-5-15(13-24)19(17)27-23(30(21)29-20)26-18-7-2-3-12-25-22(18)31/h4-6,8-11,18H,2-3,7,12H2,1H3,(H,25,31)(H,26,27)/t18-/m1/s1. The predicted octanol–water partition coefficient (Wildman–Crippen LogP) is 2.91. The number of nitriles is 1. The van der Waals surface area contributed by atoms with Gasteiger partial charge in [-0.1, -0.05) is 6.07 Å². The highest BCUT2D eigenvalue weighted by Gasteiger charge is 2.24. The highest BCUT2D eigenvalue weighted by Crippen LogP contribution is 2.27. The van der Waals surface area contributed by atoms with Gasteiger partial charge in [0.1, 0.15) is 17.9 Å². The molecule has 5 rings (SSSR count). The summed E-state index contributed by atoms with van der Waals surface area (Å²) >= 11 is 0. The van der Waals surface area contributed by atoms with Crippen LogP contribution in [0.15, 0.2) is 42.5 Å². The molecular formula is C23H21N7O2. The lowest BCUT2D eigenvalue weighted by Crippen LogP contribution is -2.38. The fourth-order valence-electron chi connectivity index (χ4n) is 3.91. The van der Waals surface area contributed by atoms with Crippen LogP contribution >= 0.6 is 0 Å². The van der Waals surface area contributed by atoms with E-state index in [1.165, 1.54) is 0 Å². The number of rotatable bonds is 4. The maximum atomic E-state index is 12.5. The summed E-state index contributed by atoms with van der Waals surface area (Å²) < 4.78 is 6.85. The van der Waals surface area contributed by atoms with Crippen LogP contribution in [0.3, 0.4) is 0 Å². The molecule has 1 fully saturated rings. The number of ether oxygens (including phenoxy) is 1. The first-order chi connectivity index (χ1) is 15.7. The maximum Gasteiger partial charge on any atom is 0.242 e. The molecule has 0 unspecified atom stereocenters. The van der Waals surface area contributed by atoms with Gasteiger partial charge in [0.15, 0.2) is 11.5 Å². The van der Waals surface area contributed by atoms with E-state index in [0.717, 1.165) is 24.2 Å². The van der Waals surface area contributed by atoms with Gasteiger partial charge in [-0.25, -0.2) is 9.97 Å². The Morgan fingerprint density at radius 2 is 2.03 bits per heavy atom. The van der Waals surface area contributed by atoms with Gasteiger partial charge >= 0.3 is 0 Å². The molecule has 0 radical (unpaired) electrons. The normalized spacial score (nSPS) is 16.4. The summed E-state index contributed by atoms with van der Waals surface area (Å²) in [6.07, 6.45) is 2.55. The fraction of sp³-hybridized carbons (Fsp3) is 0.261. The van der Waals surface area contributed by atoms with Gasteiger partial charge in [-0.05, 0) is 55.7 Å². The fourth-order valence-corrected chi connectivity index (χ4v) is 3.91. The lowest BCUT2D eigenvalue weighted by molar-refractivity contribution is -0.121. The number of methoxy groups -OCH3 is 1. The number of para-hydroxylation sites is 1. The summed E-state index contributed by atoms with van der Waals surface area (Å²) in [5.41, 5.74) is 2.34. The zero-order chi connectivity index (χ0) is 22.1. The van der Waals surface area contributed by atoms with Crippen LogP contribution in [0.25, 0.3) is 27.9 Å². The number of fused-ring (bicyclic) bond motifs is 3. The number of nitrogens with zero attached hydrogens (tertiary/aromatic N) is 5. The number of nitrogens with one attached hydrogen (secondary N) is 2. The molecule has 4 aromatic rings. The molecule has 2 aromatic heterocycles. The minimum absolute atomic E-state index is 0.0680. The summed E-state index contributed by atoms with van der Waals surface area (Å²) in [4.78, 5) is 22.0. The van der Waals surface area contributed by atoms with Crippen LogP contribution in [0.5, 0.6) is 5.75 Å². The Morgan fingerprint density at radius 3 is 2.81 bits per heavy atom. The van der Waals surface area contributed by atoms with Crippen LogP contribution in [0, 0.1) is 11.3 Å². The second kappa shape index (κ2) is 8.15. The summed E-state index contributed by atoms with van der Waals surface area (Å²) in [7, 11) is 1.62. The van der Waals surface area contributed by atoms with E-state index < -0.39 is 6.04 Å². The molecule has 1 aliphatic heterocycles. The molecule has 0 saturated carbocycles. The number of hydrogen-bond donors (Lipinski definition) is 2. The molecule has 2 aromatic carbocycles. The van der Waals surface area contributed by atoms with E-state index in [-0.39, 0.29) is 5.91 Å². The SMILES string of the molecule is COc1ccc(-c2nc3c4cccc(C#N)c4nc(N[C@@H]4CCCCNC4=O)n3n2)cc1. The van der Waals surface area contributed by atoms with Crippen LogP contribution in [0.2, 0.25) is 0 Å². The zero-order valence-corrected chi connectivity index (χ0v) is 17.5. The lowest BCUT2D eigenvalue weighted by Gasteiger charge is -2.16. The quantitative estimate of drug-likeness (QED) is 0.514. The number of benzene rings is 2. The Morgan fingerprint density at radius 1 is 1.19 bits per heavy atom. The second-order valence-electron chi connectivity index (χ2n) is 7.63. The van der Waals surface area contributed by atoms with E-state index in [1.54, 1.807) is 23.8 Å². The van der Waals surface area contributed by atoms with E-state index in [2.05, 4.69) is 21.8 Å². The Bertz CT molecular complexity index is 1360. The van der Waals surface area contributed by atoms with Gasteiger partial charge in [0.2, 0.25) is 11.9 Å². The summed E-state index contributed by atoms with van der Waals surface area (Å²) in [5, 5.41) is 21.2. The number of carbonyl (C=O) groups is 1. The van der Waals surface area contributed by atoms with Crippen molar-refractivity contribution < 1.29 is 9.53 Å². The predicted molar refractivity (Wildman–Crippen MR) is 119 cm³/mol. The van der Waals surface area contributed by atoms with E-state index in [4.69, 9.17) is 14.7 Å². The van der Waals surface area contributed by atoms with Crippen molar-refractivity contribution >= 4 is 28.4 Å². The smallest absolute Gasteiger partial charge is 0.242 e. The average Bonchev–Trinajstić information content (AvgIpc) is 3.19. The highest BCUT2D eigenvalue weighted by molar-refractivity contribution is 5.96. The van der Waals surface area contributed by atoms with Crippen LogP contribution in [-0.4, -0.2) is 45.2 Å². The van der Waals surface area contributed by atoms with Gasteiger partial charge in [0.25, 0.3) is 0 Å². The maximum absolute atomic E-state index is 12.5. The van der Waals surface area contributed by atoms with Crippen LogP contribution < -0.4 is 15.4 Å². The molecule has 9 nitrogen and oxygen atoms in total. The second-order valence-corrected chi connectivity index (χ2v) is 7.63. The van der Waals surface area contributed by atoms with Gasteiger partial charge in [-0.2, -0.15) is 9.78 Å².